The smallest absolute Gasteiger partial charge is 0.319 e. The first kappa shape index (κ1) is 25.5. The van der Waals surface area contributed by atoms with Crippen molar-refractivity contribution in [2.24, 2.45) is 5.92 Å². The standard InChI is InChI=1S/C24H29NO8/c1-7-33-24(28)20(22(27)15-8-10-17(29-3)11-9-15)21(25-14(2)26)16-12-18(30-4)23(32-6)19(13-16)31-5/h8-13,20-21H,7H2,1-6H3,(H,25,26). The Kier molecular flexibility index (Phi) is 9.08. The molecule has 9 nitrogen and oxygen atoms in total. The molecule has 1 amide bonds. The van der Waals surface area contributed by atoms with Crippen molar-refractivity contribution in [3.05, 3.63) is 47.5 Å². The highest BCUT2D eigenvalue weighted by Crippen LogP contribution is 2.41. The summed E-state index contributed by atoms with van der Waals surface area (Å²) in [5, 5.41) is 2.71. The van der Waals surface area contributed by atoms with Crippen molar-refractivity contribution >= 4 is 17.7 Å². The summed E-state index contributed by atoms with van der Waals surface area (Å²) in [4.78, 5) is 38.6. The molecule has 0 aromatic heterocycles. The summed E-state index contributed by atoms with van der Waals surface area (Å²) in [5.74, 6) is -1.60. The number of benzene rings is 2. The van der Waals surface area contributed by atoms with Crippen LogP contribution in [0.15, 0.2) is 36.4 Å². The lowest BCUT2D eigenvalue weighted by atomic mass is 9.86. The quantitative estimate of drug-likeness (QED) is 0.310. The second kappa shape index (κ2) is 11.8. The number of Topliss-reactive ketones (excluding diaryl/α,β-unsaturated/α-hetero) is 1. The molecular formula is C24H29NO8. The Bertz CT molecular complexity index is 961. The molecule has 178 valence electrons. The van der Waals surface area contributed by atoms with Crippen LogP contribution in [0, 0.1) is 5.92 Å². The third-order valence-electron chi connectivity index (χ3n) is 4.94. The van der Waals surface area contributed by atoms with Gasteiger partial charge in [-0.15, -0.1) is 0 Å². The van der Waals surface area contributed by atoms with E-state index < -0.39 is 29.6 Å². The molecule has 0 fully saturated rings. The van der Waals surface area contributed by atoms with Gasteiger partial charge in [-0.2, -0.15) is 0 Å². The van der Waals surface area contributed by atoms with Crippen LogP contribution < -0.4 is 24.3 Å². The normalized spacial score (nSPS) is 12.2. The number of ketones is 1. The van der Waals surface area contributed by atoms with Gasteiger partial charge in [-0.25, -0.2) is 0 Å². The van der Waals surface area contributed by atoms with E-state index >= 15 is 0 Å². The number of carbonyl (C=O) groups is 3. The van der Waals surface area contributed by atoms with Gasteiger partial charge in [0.1, 0.15) is 11.7 Å². The number of amides is 1. The summed E-state index contributed by atoms with van der Waals surface area (Å²) in [6.07, 6.45) is 0. The fourth-order valence-corrected chi connectivity index (χ4v) is 3.42. The fraction of sp³-hybridized carbons (Fsp3) is 0.375. The average molecular weight is 459 g/mol. The van der Waals surface area contributed by atoms with Crippen molar-refractivity contribution in [2.75, 3.05) is 35.0 Å². The molecule has 0 bridgehead atoms. The molecule has 2 rings (SSSR count). The first-order valence-electron chi connectivity index (χ1n) is 10.2. The lowest BCUT2D eigenvalue weighted by Gasteiger charge is -2.27. The molecule has 0 aliphatic carbocycles. The molecule has 0 aliphatic heterocycles. The molecular weight excluding hydrogens is 430 g/mol. The van der Waals surface area contributed by atoms with Gasteiger partial charge < -0.3 is 29.0 Å². The molecule has 9 heteroatoms. The first-order valence-corrected chi connectivity index (χ1v) is 10.2. The summed E-state index contributed by atoms with van der Waals surface area (Å²) >= 11 is 0. The van der Waals surface area contributed by atoms with E-state index in [0.717, 1.165) is 0 Å². The Labute approximate surface area is 192 Å². The van der Waals surface area contributed by atoms with Crippen LogP contribution >= 0.6 is 0 Å². The molecule has 1 N–H and O–H groups in total. The van der Waals surface area contributed by atoms with Crippen LogP contribution in [-0.4, -0.2) is 52.7 Å². The van der Waals surface area contributed by atoms with E-state index in [1.54, 1.807) is 43.3 Å². The molecule has 33 heavy (non-hydrogen) atoms. The minimum absolute atomic E-state index is 0.0628. The Morgan fingerprint density at radius 2 is 1.45 bits per heavy atom. The van der Waals surface area contributed by atoms with Crippen molar-refractivity contribution in [3.63, 3.8) is 0 Å². The third-order valence-corrected chi connectivity index (χ3v) is 4.94. The SMILES string of the molecule is CCOC(=O)C(C(=O)c1ccc(OC)cc1)C(NC(C)=O)c1cc(OC)c(OC)c(OC)c1. The molecule has 2 atom stereocenters. The minimum Gasteiger partial charge on any atom is -0.497 e. The highest BCUT2D eigenvalue weighted by Gasteiger charge is 2.39. The number of esters is 1. The second-order valence-corrected chi connectivity index (χ2v) is 6.96. The van der Waals surface area contributed by atoms with E-state index in [1.165, 1.54) is 35.4 Å². The van der Waals surface area contributed by atoms with E-state index in [-0.39, 0.29) is 12.2 Å². The van der Waals surface area contributed by atoms with Gasteiger partial charge in [0.25, 0.3) is 0 Å². The van der Waals surface area contributed by atoms with Gasteiger partial charge >= 0.3 is 5.97 Å². The molecule has 0 spiro atoms. The van der Waals surface area contributed by atoms with E-state index in [4.69, 9.17) is 23.7 Å². The summed E-state index contributed by atoms with van der Waals surface area (Å²) in [7, 11) is 5.86. The number of carbonyl (C=O) groups excluding carboxylic acids is 3. The molecule has 2 aromatic rings. The number of ether oxygens (including phenoxy) is 5. The van der Waals surface area contributed by atoms with Crippen LogP contribution in [-0.2, 0) is 14.3 Å². The highest BCUT2D eigenvalue weighted by atomic mass is 16.5. The maximum atomic E-state index is 13.5. The third kappa shape index (κ3) is 5.94. The van der Waals surface area contributed by atoms with E-state index in [0.29, 0.717) is 28.6 Å². The van der Waals surface area contributed by atoms with Crippen LogP contribution in [0.1, 0.15) is 35.8 Å². The maximum Gasteiger partial charge on any atom is 0.319 e. The van der Waals surface area contributed by atoms with Crippen LogP contribution in [0.2, 0.25) is 0 Å². The predicted molar refractivity (Wildman–Crippen MR) is 120 cm³/mol. The average Bonchev–Trinajstić information content (AvgIpc) is 2.82. The lowest BCUT2D eigenvalue weighted by Crippen LogP contribution is -2.41. The van der Waals surface area contributed by atoms with Gasteiger partial charge in [0.05, 0.1) is 41.1 Å². The second-order valence-electron chi connectivity index (χ2n) is 6.96. The van der Waals surface area contributed by atoms with Crippen molar-refractivity contribution in [1.29, 1.82) is 0 Å². The zero-order valence-electron chi connectivity index (χ0n) is 19.6. The van der Waals surface area contributed by atoms with Crippen molar-refractivity contribution in [1.82, 2.24) is 5.32 Å². The summed E-state index contributed by atoms with van der Waals surface area (Å²) < 4.78 is 26.5. The van der Waals surface area contributed by atoms with Gasteiger partial charge in [0.15, 0.2) is 17.3 Å². The predicted octanol–water partition coefficient (Wildman–Crippen LogP) is 2.96. The van der Waals surface area contributed by atoms with Crippen molar-refractivity contribution < 1.29 is 38.1 Å². The van der Waals surface area contributed by atoms with Crippen LogP contribution in [0.25, 0.3) is 0 Å². The zero-order chi connectivity index (χ0) is 24.5. The Morgan fingerprint density at radius 3 is 1.88 bits per heavy atom. The molecule has 0 saturated carbocycles. The van der Waals surface area contributed by atoms with Gasteiger partial charge in [0.2, 0.25) is 11.7 Å². The van der Waals surface area contributed by atoms with Crippen molar-refractivity contribution in [2.45, 2.75) is 19.9 Å². The van der Waals surface area contributed by atoms with E-state index in [2.05, 4.69) is 5.32 Å². The first-order chi connectivity index (χ1) is 15.8. The number of hydrogen-bond acceptors (Lipinski definition) is 8. The number of rotatable bonds is 11. The molecule has 2 aromatic carbocycles. The number of hydrogen-bond donors (Lipinski definition) is 1. The van der Waals surface area contributed by atoms with Gasteiger partial charge in [0, 0.05) is 12.5 Å². The minimum atomic E-state index is -1.37. The lowest BCUT2D eigenvalue weighted by molar-refractivity contribution is -0.147. The van der Waals surface area contributed by atoms with E-state index in [9.17, 15) is 14.4 Å². The molecule has 2 unspecified atom stereocenters. The van der Waals surface area contributed by atoms with Crippen LogP contribution in [0.3, 0.4) is 0 Å². The fourth-order valence-electron chi connectivity index (χ4n) is 3.42. The highest BCUT2D eigenvalue weighted by molar-refractivity contribution is 6.09. The van der Waals surface area contributed by atoms with Crippen molar-refractivity contribution in [3.8, 4) is 23.0 Å². The summed E-state index contributed by atoms with van der Waals surface area (Å²) in [5.41, 5.74) is 0.663. The molecule has 0 saturated heterocycles. The Balaban J connectivity index is 2.67. The Morgan fingerprint density at radius 1 is 0.879 bits per heavy atom. The topological polar surface area (TPSA) is 109 Å². The Hall–Kier alpha value is -3.75. The maximum absolute atomic E-state index is 13.5. The number of nitrogens with one attached hydrogen (secondary N) is 1. The van der Waals surface area contributed by atoms with Gasteiger partial charge in [-0.3, -0.25) is 14.4 Å². The van der Waals surface area contributed by atoms with Crippen LogP contribution in [0.4, 0.5) is 0 Å². The van der Waals surface area contributed by atoms with Gasteiger partial charge in [-0.05, 0) is 48.9 Å². The summed E-state index contributed by atoms with van der Waals surface area (Å²) in [6.45, 7) is 3.00. The monoisotopic (exact) mass is 459 g/mol. The summed E-state index contributed by atoms with van der Waals surface area (Å²) in [6, 6.07) is 8.42. The van der Waals surface area contributed by atoms with Crippen LogP contribution in [0.5, 0.6) is 23.0 Å². The zero-order valence-corrected chi connectivity index (χ0v) is 19.6. The molecule has 0 heterocycles. The number of methoxy groups -OCH3 is 4. The van der Waals surface area contributed by atoms with Gasteiger partial charge in [-0.1, -0.05) is 0 Å². The molecule has 0 aliphatic rings. The largest absolute Gasteiger partial charge is 0.497 e. The van der Waals surface area contributed by atoms with E-state index in [1.807, 2.05) is 0 Å². The molecule has 0 radical (unpaired) electrons.